The molecule has 0 radical (unpaired) electrons. The van der Waals surface area contributed by atoms with Gasteiger partial charge in [-0.2, -0.15) is 0 Å². The topological polar surface area (TPSA) is 24.6 Å². The maximum atomic E-state index is 9.55. The third-order valence-corrected chi connectivity index (χ3v) is 22.5. The highest BCUT2D eigenvalue weighted by atomic mass is 32.1. The van der Waals surface area contributed by atoms with E-state index in [9.17, 15) is 2.74 Å². The molecule has 4 nitrogen and oxygen atoms in total. The number of furan rings is 1. The highest BCUT2D eigenvalue weighted by molar-refractivity contribution is 7.27. The Morgan fingerprint density at radius 1 is 0.340 bits per heavy atom. The van der Waals surface area contributed by atoms with Crippen LogP contribution in [-0.4, -0.2) is 11.3 Å². The fourth-order valence-electron chi connectivity index (χ4n) is 15.9. The molecule has 2 aliphatic heterocycles. The van der Waals surface area contributed by atoms with E-state index in [-0.39, 0.29) is 52.7 Å². The van der Waals surface area contributed by atoms with E-state index in [1.165, 1.54) is 27.5 Å². The molecule has 0 bridgehead atoms. The first kappa shape index (κ1) is 56.2. The van der Waals surface area contributed by atoms with Crippen LogP contribution in [0.4, 0.5) is 34.1 Å². The zero-order chi connectivity index (χ0) is 72.8. The SMILES string of the molecule is [2H]c1c([2H])c([2H])c(-c2ccc3c(c2)N(c2cccc4c2sc2c(-c5ccc6c(c5)oc5ccccc56)cccc24)c2cc(C(C)(C)C)cc4c2B3c2ccc(-n3c5ccc(C(C)(C)C)cc5c5cc(C(C)(C)C)ccc53)cc2N4c2c(-c3ccccc3)cc(C(C)(C)C)cc2-c2ccccc2)c([2H])c1[2H]. The van der Waals surface area contributed by atoms with Crippen molar-refractivity contribution in [3.05, 3.63) is 289 Å². The molecular formula is C94H80BN3OS. The lowest BCUT2D eigenvalue weighted by atomic mass is 9.33. The largest absolute Gasteiger partial charge is 0.456 e. The molecule has 0 saturated heterocycles. The van der Waals surface area contributed by atoms with Crippen molar-refractivity contribution in [1.82, 2.24) is 4.57 Å². The van der Waals surface area contributed by atoms with Crippen molar-refractivity contribution in [3.63, 3.8) is 0 Å². The average Bonchev–Trinajstić information content (AvgIpc) is 0.951. The smallest absolute Gasteiger partial charge is 0.252 e. The van der Waals surface area contributed by atoms with Crippen LogP contribution in [0.15, 0.2) is 271 Å². The average molecular weight is 1320 g/mol. The molecule has 18 rings (SSSR count). The van der Waals surface area contributed by atoms with Crippen molar-refractivity contribution in [1.29, 1.82) is 0 Å². The lowest BCUT2D eigenvalue weighted by Gasteiger charge is -2.46. The fraction of sp³-hybridized carbons (Fsp3) is 0.170. The lowest BCUT2D eigenvalue weighted by molar-refractivity contribution is 0.590. The number of thiophene rings is 1. The van der Waals surface area contributed by atoms with Crippen LogP contribution in [-0.2, 0) is 21.7 Å². The summed E-state index contributed by atoms with van der Waals surface area (Å²) in [5.41, 5.74) is 25.5. The Kier molecular flexibility index (Phi) is 12.6. The van der Waals surface area contributed by atoms with Crippen molar-refractivity contribution in [2.45, 2.75) is 105 Å². The summed E-state index contributed by atoms with van der Waals surface area (Å²) in [5.74, 6) is 0. The summed E-state index contributed by atoms with van der Waals surface area (Å²) >= 11 is 1.79. The van der Waals surface area contributed by atoms with Crippen LogP contribution in [0.25, 0.3) is 114 Å². The van der Waals surface area contributed by atoms with Crippen LogP contribution in [0, 0.1) is 0 Å². The first-order chi connectivity index (χ1) is 50.2. The molecule has 0 N–H and O–H groups in total. The minimum Gasteiger partial charge on any atom is -0.456 e. The molecule has 5 heterocycles. The van der Waals surface area contributed by atoms with Gasteiger partial charge in [-0.05, 0) is 185 Å². The fourth-order valence-corrected chi connectivity index (χ4v) is 17.3. The quantitative estimate of drug-likeness (QED) is 0.149. The first-order valence-electron chi connectivity index (χ1n) is 37.6. The molecule has 6 heteroatoms. The normalized spacial score (nSPS) is 14.0. The Bertz CT molecular complexity index is 6200. The molecule has 0 atom stereocenters. The molecule has 0 spiro atoms. The molecule has 2 aliphatic rings. The maximum absolute atomic E-state index is 9.55. The van der Waals surface area contributed by atoms with Gasteiger partial charge in [0.25, 0.3) is 6.71 Å². The Labute approximate surface area is 598 Å². The van der Waals surface area contributed by atoms with Crippen LogP contribution >= 0.6 is 11.3 Å². The molecular weight excluding hydrogens is 1230 g/mol. The van der Waals surface area contributed by atoms with Gasteiger partial charge in [-0.15, -0.1) is 11.3 Å². The molecule has 0 amide bonds. The second kappa shape index (κ2) is 22.4. The number of fused-ring (bicyclic) bond motifs is 13. The summed E-state index contributed by atoms with van der Waals surface area (Å²) in [7, 11) is 0. The Morgan fingerprint density at radius 2 is 0.870 bits per heavy atom. The van der Waals surface area contributed by atoms with Gasteiger partial charge in [-0.3, -0.25) is 0 Å². The first-order valence-corrected chi connectivity index (χ1v) is 35.9. The van der Waals surface area contributed by atoms with Crippen LogP contribution in [0.2, 0.25) is 0 Å². The van der Waals surface area contributed by atoms with Crippen molar-refractivity contribution in [2.75, 3.05) is 9.80 Å². The zero-order valence-corrected chi connectivity index (χ0v) is 59.6. The number of hydrogen-bond donors (Lipinski definition) is 0. The molecule has 0 fully saturated rings. The monoisotopic (exact) mass is 1310 g/mol. The van der Waals surface area contributed by atoms with Crippen molar-refractivity contribution in [3.8, 4) is 50.2 Å². The second-order valence-corrected chi connectivity index (χ2v) is 32.8. The number of rotatable bonds is 7. The van der Waals surface area contributed by atoms with Crippen molar-refractivity contribution < 1.29 is 11.3 Å². The van der Waals surface area contributed by atoms with Gasteiger partial charge in [0.15, 0.2) is 0 Å². The molecule has 0 unspecified atom stereocenters. The summed E-state index contributed by atoms with van der Waals surface area (Å²) in [5, 5.41) is 6.84. The third kappa shape index (κ3) is 9.83. The Morgan fingerprint density at radius 3 is 1.50 bits per heavy atom. The number of aromatic nitrogens is 1. The van der Waals surface area contributed by atoms with Gasteiger partial charge in [-0.1, -0.05) is 259 Å². The van der Waals surface area contributed by atoms with Gasteiger partial charge in [-0.25, -0.2) is 0 Å². The van der Waals surface area contributed by atoms with Gasteiger partial charge in [0.1, 0.15) is 11.2 Å². The summed E-state index contributed by atoms with van der Waals surface area (Å²) in [6.45, 7) is 27.3. The second-order valence-electron chi connectivity index (χ2n) is 31.7. The number of para-hydroxylation sites is 1. The van der Waals surface area contributed by atoms with Crippen LogP contribution < -0.4 is 26.2 Å². The summed E-state index contributed by atoms with van der Waals surface area (Å²) in [4.78, 5) is 5.10. The van der Waals surface area contributed by atoms with E-state index in [1.807, 2.05) is 18.2 Å². The summed E-state index contributed by atoms with van der Waals surface area (Å²) in [6, 6.07) is 85.9. The van der Waals surface area contributed by atoms with E-state index >= 15 is 0 Å². The third-order valence-electron chi connectivity index (χ3n) is 21.3. The standard InChI is InChI=1S/C94H80BN3OS/c1-91(2,3)62-40-46-78-74(50-62)75-51-63(92(4,5)6)41-47-79(75)96(78)66-42-45-77-82(56-66)98(88-72(58-28-18-14-19-29-58)52-64(93(7,8)9)53-73(88)59-30-20-15-21-31-59)84-55-65(94(10,11)12)54-83-87(84)95(77)76-44-39-60(57-26-16-13-17-27-57)48-81(76)97(83)80-36-25-35-71-70-34-24-33-67(89(70)100-90(71)80)61-38-43-69-68-32-22-23-37-85(68)99-86(69)49-61/h13-56H,1-12H3/i13D,16D,17D,26D,27D. The summed E-state index contributed by atoms with van der Waals surface area (Å²) in [6.07, 6.45) is 0. The minimum absolute atomic E-state index is 0.0905. The van der Waals surface area contributed by atoms with Gasteiger partial charge in [0.2, 0.25) is 0 Å². The van der Waals surface area contributed by atoms with E-state index in [1.54, 1.807) is 11.3 Å². The Balaban J connectivity index is 0.979. The molecule has 3 aromatic heterocycles. The van der Waals surface area contributed by atoms with Crippen molar-refractivity contribution >= 4 is 132 Å². The molecule has 16 aromatic rings. The van der Waals surface area contributed by atoms with Crippen LogP contribution in [0.5, 0.6) is 0 Å². The maximum Gasteiger partial charge on any atom is 0.252 e. The van der Waals surface area contributed by atoms with Gasteiger partial charge in [0, 0.05) is 76.6 Å². The van der Waals surface area contributed by atoms with E-state index in [4.69, 9.17) is 8.53 Å². The van der Waals surface area contributed by atoms with Gasteiger partial charge >= 0.3 is 0 Å². The minimum atomic E-state index is -0.426. The van der Waals surface area contributed by atoms with Crippen LogP contribution in [0.3, 0.4) is 0 Å². The number of hydrogen-bond acceptors (Lipinski definition) is 4. The summed E-state index contributed by atoms with van der Waals surface area (Å²) < 4.78 is 57.3. The van der Waals surface area contributed by atoms with E-state index in [0.29, 0.717) is 5.56 Å². The molecule has 13 aromatic carbocycles. The van der Waals surface area contributed by atoms with Crippen molar-refractivity contribution in [2.24, 2.45) is 0 Å². The highest BCUT2D eigenvalue weighted by Gasteiger charge is 2.46. The van der Waals surface area contributed by atoms with E-state index in [2.05, 4.69) is 316 Å². The van der Waals surface area contributed by atoms with E-state index in [0.717, 1.165) is 148 Å². The number of benzene rings is 13. The molecule has 0 saturated carbocycles. The number of anilines is 6. The highest BCUT2D eigenvalue weighted by Crippen LogP contribution is 2.55. The van der Waals surface area contributed by atoms with Gasteiger partial charge in [0.05, 0.1) is 34.0 Å². The predicted octanol–water partition coefficient (Wildman–Crippen LogP) is 25.0. The van der Waals surface area contributed by atoms with E-state index < -0.39 is 11.5 Å². The molecule has 100 heavy (non-hydrogen) atoms. The predicted molar refractivity (Wildman–Crippen MR) is 432 cm³/mol. The number of nitrogens with zero attached hydrogens (tertiary/aromatic N) is 3. The zero-order valence-electron chi connectivity index (χ0n) is 63.8. The lowest BCUT2D eigenvalue weighted by Crippen LogP contribution is -2.61. The Hall–Kier alpha value is -10.7. The van der Waals surface area contributed by atoms with Gasteiger partial charge < -0.3 is 18.8 Å². The molecule has 0 aliphatic carbocycles. The van der Waals surface area contributed by atoms with Crippen LogP contribution in [0.1, 0.15) is 112 Å². The molecule has 486 valence electrons.